The lowest BCUT2D eigenvalue weighted by Gasteiger charge is -2.46. The Kier molecular flexibility index (Phi) is 3.24. The summed E-state index contributed by atoms with van der Waals surface area (Å²) in [6.45, 7) is 1.06. The number of carbonyl (C=O) groups excluding carboxylic acids is 1. The maximum Gasteiger partial charge on any atom is 0.161 e. The molecule has 0 N–H and O–H groups in total. The van der Waals surface area contributed by atoms with Crippen LogP contribution in [0.5, 0.6) is 11.5 Å². The monoisotopic (exact) mass is 315 g/mol. The van der Waals surface area contributed by atoms with Crippen molar-refractivity contribution in [1.82, 2.24) is 4.90 Å². The van der Waals surface area contributed by atoms with E-state index in [1.165, 1.54) is 5.56 Å². The maximum atomic E-state index is 12.6. The molecule has 2 saturated carbocycles. The first-order valence-corrected chi connectivity index (χ1v) is 8.53. The first-order valence-electron chi connectivity index (χ1n) is 8.53. The van der Waals surface area contributed by atoms with E-state index in [0.717, 1.165) is 50.1 Å². The lowest BCUT2D eigenvalue weighted by Crippen LogP contribution is -2.54. The summed E-state index contributed by atoms with van der Waals surface area (Å²) in [5.74, 6) is 2.05. The van der Waals surface area contributed by atoms with Crippen molar-refractivity contribution in [2.45, 2.75) is 43.6 Å². The number of rotatable bonds is 3. The number of ether oxygens (including phenoxy) is 2. The van der Waals surface area contributed by atoms with Gasteiger partial charge in [-0.05, 0) is 57.0 Å². The van der Waals surface area contributed by atoms with Crippen LogP contribution in [0, 0.1) is 5.41 Å². The number of likely N-dealkylation sites (tertiary alicyclic amines) is 1. The van der Waals surface area contributed by atoms with Crippen LogP contribution < -0.4 is 9.47 Å². The van der Waals surface area contributed by atoms with Gasteiger partial charge in [-0.25, -0.2) is 0 Å². The van der Waals surface area contributed by atoms with Gasteiger partial charge in [0.1, 0.15) is 5.78 Å². The van der Waals surface area contributed by atoms with Gasteiger partial charge in [0, 0.05) is 23.3 Å². The predicted octanol–water partition coefficient (Wildman–Crippen LogP) is 2.79. The number of methoxy groups -OCH3 is 2. The second kappa shape index (κ2) is 4.97. The summed E-state index contributed by atoms with van der Waals surface area (Å²) in [7, 11) is 5.54. The van der Waals surface area contributed by atoms with Crippen molar-refractivity contribution < 1.29 is 14.3 Å². The molecule has 2 aliphatic carbocycles. The third kappa shape index (κ3) is 1.90. The van der Waals surface area contributed by atoms with Gasteiger partial charge in [0.05, 0.1) is 14.2 Å². The molecule has 0 unspecified atom stereocenters. The minimum atomic E-state index is -0.0728. The van der Waals surface area contributed by atoms with Crippen LogP contribution >= 0.6 is 0 Å². The highest BCUT2D eigenvalue weighted by atomic mass is 16.5. The Morgan fingerprint density at radius 2 is 1.78 bits per heavy atom. The summed E-state index contributed by atoms with van der Waals surface area (Å²) in [4.78, 5) is 15.0. The van der Waals surface area contributed by atoms with Crippen LogP contribution in [-0.4, -0.2) is 44.5 Å². The molecule has 1 aromatic rings. The SMILES string of the molecule is COc1ccc([C@@]23CCC(=O)C4(CC4)[C@@H]2N(C)CC3)cc1OC. The Balaban J connectivity index is 1.81. The van der Waals surface area contributed by atoms with E-state index in [0.29, 0.717) is 11.8 Å². The fourth-order valence-electron chi connectivity index (χ4n) is 5.29. The molecule has 1 spiro atoms. The van der Waals surface area contributed by atoms with Gasteiger partial charge in [-0.2, -0.15) is 0 Å². The summed E-state index contributed by atoms with van der Waals surface area (Å²) in [5, 5.41) is 0. The molecule has 0 radical (unpaired) electrons. The number of fused-ring (bicyclic) bond motifs is 2. The average Bonchev–Trinajstić information content (AvgIpc) is 3.28. The highest BCUT2D eigenvalue weighted by Crippen LogP contribution is 2.64. The number of carbonyl (C=O) groups is 1. The maximum absolute atomic E-state index is 12.6. The Morgan fingerprint density at radius 3 is 2.43 bits per heavy atom. The fourth-order valence-corrected chi connectivity index (χ4v) is 5.29. The number of hydrogen-bond acceptors (Lipinski definition) is 4. The van der Waals surface area contributed by atoms with Crippen molar-refractivity contribution in [1.29, 1.82) is 0 Å². The van der Waals surface area contributed by atoms with Gasteiger partial charge < -0.3 is 14.4 Å². The second-order valence-electron chi connectivity index (χ2n) is 7.44. The average molecular weight is 315 g/mol. The smallest absolute Gasteiger partial charge is 0.161 e. The van der Waals surface area contributed by atoms with E-state index < -0.39 is 0 Å². The Bertz CT molecular complexity index is 652. The topological polar surface area (TPSA) is 38.8 Å². The van der Waals surface area contributed by atoms with Crippen LogP contribution in [0.25, 0.3) is 0 Å². The Hall–Kier alpha value is -1.55. The fraction of sp³-hybridized carbons (Fsp3) is 0.632. The zero-order valence-electron chi connectivity index (χ0n) is 14.2. The van der Waals surface area contributed by atoms with Gasteiger partial charge in [0.15, 0.2) is 11.5 Å². The lowest BCUT2D eigenvalue weighted by molar-refractivity contribution is -0.130. The zero-order valence-corrected chi connectivity index (χ0v) is 14.2. The van der Waals surface area contributed by atoms with E-state index in [-0.39, 0.29) is 10.8 Å². The van der Waals surface area contributed by atoms with Crippen molar-refractivity contribution in [2.75, 3.05) is 27.8 Å². The zero-order chi connectivity index (χ0) is 16.2. The van der Waals surface area contributed by atoms with E-state index in [2.05, 4.69) is 24.1 Å². The summed E-state index contributed by atoms with van der Waals surface area (Å²) in [6.07, 6.45) is 4.93. The molecule has 2 atom stereocenters. The summed E-state index contributed by atoms with van der Waals surface area (Å²) < 4.78 is 10.9. The molecule has 4 heteroatoms. The van der Waals surface area contributed by atoms with E-state index in [9.17, 15) is 4.79 Å². The molecule has 4 nitrogen and oxygen atoms in total. The Labute approximate surface area is 137 Å². The number of Topliss-reactive ketones (excluding diaryl/α,β-unsaturated/α-hetero) is 1. The summed E-state index contributed by atoms with van der Waals surface area (Å²) in [5.41, 5.74) is 1.32. The Morgan fingerprint density at radius 1 is 1.04 bits per heavy atom. The van der Waals surface area contributed by atoms with Crippen LogP contribution in [-0.2, 0) is 10.2 Å². The molecule has 1 saturated heterocycles. The number of hydrogen-bond donors (Lipinski definition) is 0. The van der Waals surface area contributed by atoms with Crippen molar-refractivity contribution >= 4 is 5.78 Å². The molecule has 3 aliphatic rings. The van der Waals surface area contributed by atoms with E-state index in [1.54, 1.807) is 14.2 Å². The lowest BCUT2D eigenvalue weighted by atomic mass is 9.60. The predicted molar refractivity (Wildman–Crippen MR) is 88.2 cm³/mol. The minimum Gasteiger partial charge on any atom is -0.493 e. The molecule has 1 heterocycles. The molecule has 1 aliphatic heterocycles. The van der Waals surface area contributed by atoms with Gasteiger partial charge in [-0.3, -0.25) is 4.79 Å². The van der Waals surface area contributed by atoms with Crippen LogP contribution in [0.1, 0.15) is 37.7 Å². The largest absolute Gasteiger partial charge is 0.493 e. The summed E-state index contributed by atoms with van der Waals surface area (Å²) in [6, 6.07) is 6.67. The van der Waals surface area contributed by atoms with E-state index >= 15 is 0 Å². The number of benzene rings is 1. The van der Waals surface area contributed by atoms with Gasteiger partial charge in [-0.15, -0.1) is 0 Å². The highest BCUT2D eigenvalue weighted by Gasteiger charge is 2.67. The molecule has 124 valence electrons. The van der Waals surface area contributed by atoms with Crippen molar-refractivity contribution in [3.8, 4) is 11.5 Å². The van der Waals surface area contributed by atoms with E-state index in [1.807, 2.05) is 6.07 Å². The standard InChI is InChI=1S/C19H25NO3/c1-20-11-10-18(7-6-16(21)19(8-9-19)17(18)20)13-4-5-14(22-2)15(12-13)23-3/h4-5,12,17H,6-11H2,1-3H3/t17-,18+/m1/s1. The normalized spacial score (nSPS) is 32.0. The van der Waals surface area contributed by atoms with Crippen LogP contribution in [0.3, 0.4) is 0 Å². The third-order valence-corrected chi connectivity index (χ3v) is 6.50. The molecular weight excluding hydrogens is 290 g/mol. The highest BCUT2D eigenvalue weighted by molar-refractivity contribution is 5.90. The molecule has 23 heavy (non-hydrogen) atoms. The van der Waals surface area contributed by atoms with Crippen LogP contribution in [0.15, 0.2) is 18.2 Å². The van der Waals surface area contributed by atoms with Gasteiger partial charge in [0.25, 0.3) is 0 Å². The molecule has 0 aromatic heterocycles. The van der Waals surface area contributed by atoms with Gasteiger partial charge in [-0.1, -0.05) is 6.07 Å². The number of ketones is 1. The van der Waals surface area contributed by atoms with Gasteiger partial charge in [0.2, 0.25) is 0 Å². The van der Waals surface area contributed by atoms with Crippen LogP contribution in [0.4, 0.5) is 0 Å². The number of nitrogens with zero attached hydrogens (tertiary/aromatic N) is 1. The first kappa shape index (κ1) is 15.0. The molecular formula is C19H25NO3. The quantitative estimate of drug-likeness (QED) is 0.860. The summed E-state index contributed by atoms with van der Waals surface area (Å²) >= 11 is 0. The molecule has 0 amide bonds. The minimum absolute atomic E-state index is 0.0728. The molecule has 4 rings (SSSR count). The van der Waals surface area contributed by atoms with Crippen molar-refractivity contribution in [2.24, 2.45) is 5.41 Å². The number of likely N-dealkylation sites (N-methyl/N-ethyl adjacent to an activating group) is 1. The molecule has 1 aromatic carbocycles. The van der Waals surface area contributed by atoms with E-state index in [4.69, 9.17) is 9.47 Å². The van der Waals surface area contributed by atoms with Gasteiger partial charge >= 0.3 is 0 Å². The molecule has 0 bridgehead atoms. The second-order valence-corrected chi connectivity index (χ2v) is 7.44. The molecule has 3 fully saturated rings. The van der Waals surface area contributed by atoms with Crippen molar-refractivity contribution in [3.63, 3.8) is 0 Å². The van der Waals surface area contributed by atoms with Crippen molar-refractivity contribution in [3.05, 3.63) is 23.8 Å². The first-order chi connectivity index (χ1) is 11.1. The third-order valence-electron chi connectivity index (χ3n) is 6.50. The van der Waals surface area contributed by atoms with Crippen LogP contribution in [0.2, 0.25) is 0 Å².